The lowest BCUT2D eigenvalue weighted by molar-refractivity contribution is -0.187. The Hall–Kier alpha value is -7.92. The Morgan fingerprint density at radius 3 is 1.66 bits per heavy atom. The van der Waals surface area contributed by atoms with Gasteiger partial charge >= 0.3 is 5.97 Å². The van der Waals surface area contributed by atoms with Gasteiger partial charge in [0.05, 0.1) is 50.2 Å². The van der Waals surface area contributed by atoms with Gasteiger partial charge in [0.15, 0.2) is 23.0 Å². The van der Waals surface area contributed by atoms with Crippen LogP contribution in [0.15, 0.2) is 77.5 Å². The van der Waals surface area contributed by atoms with Gasteiger partial charge in [-0.2, -0.15) is 0 Å². The molecule has 0 saturated carbocycles. The van der Waals surface area contributed by atoms with Crippen molar-refractivity contribution in [1.82, 2.24) is 41.4 Å². The standard InChI is InChI=1S/C70H101ClN8O15/c1-6-11-45-90-55-31-24-29-51(64(55)92-47-13-8-3)66(84)73-40-21-23-42-77(43-26-41-74-67(85)52-30-25-32-56(91-46-12-7-2)65(52)93-48-14-9-4)59(82)37-35-57(80)72-39-20-17-22-44-78(94-49-15-10-5)60(83)38-36-58(81)75-61(50-27-18-16-19-28-50)68(86)76-62-54-34-33-53(71)63(70(88)89)79(54)69(62)87/h16,18-19,24-25,27-32,54,61-62H,6-15,17,20-23,26,33-49H2,1-5H3,(H,72,80)(H,73,84)(H,74,85)(H,75,81)(H,76,86)(H,88,89)/t54?,61-,62?/m1/s1. The highest BCUT2D eigenvalue weighted by Gasteiger charge is 2.53. The van der Waals surface area contributed by atoms with Crippen LogP contribution in [0.25, 0.3) is 0 Å². The molecule has 5 rings (SSSR count). The van der Waals surface area contributed by atoms with Crippen LogP contribution in [0, 0.1) is 0 Å². The van der Waals surface area contributed by atoms with Crippen molar-refractivity contribution in [2.45, 2.75) is 194 Å². The summed E-state index contributed by atoms with van der Waals surface area (Å²) in [5.41, 5.74) is 0.870. The fourth-order valence-corrected chi connectivity index (χ4v) is 10.7. The average molecular weight is 1330 g/mol. The normalized spacial score (nSPS) is 14.4. The average Bonchev–Trinajstić information content (AvgIpc) is 0.737. The molecule has 518 valence electrons. The minimum atomic E-state index is -1.34. The van der Waals surface area contributed by atoms with E-state index >= 15 is 0 Å². The van der Waals surface area contributed by atoms with E-state index in [1.807, 2.05) is 13.0 Å². The first-order chi connectivity index (χ1) is 45.6. The summed E-state index contributed by atoms with van der Waals surface area (Å²) in [6.45, 7) is 14.2. The number of carbonyl (C=O) groups is 9. The van der Waals surface area contributed by atoms with Crippen molar-refractivity contribution in [3.8, 4) is 23.0 Å². The van der Waals surface area contributed by atoms with E-state index in [0.717, 1.165) is 62.7 Å². The molecule has 0 aromatic heterocycles. The maximum absolute atomic E-state index is 13.9. The topological polar surface area (TPSA) is 290 Å². The predicted octanol–water partition coefficient (Wildman–Crippen LogP) is 9.85. The van der Waals surface area contributed by atoms with Gasteiger partial charge in [0.2, 0.25) is 29.5 Å². The molecule has 2 aliphatic rings. The molecule has 23 nitrogen and oxygen atoms in total. The Morgan fingerprint density at radius 1 is 0.564 bits per heavy atom. The van der Waals surface area contributed by atoms with Gasteiger partial charge in [0.1, 0.15) is 17.8 Å². The fourth-order valence-electron chi connectivity index (χ4n) is 10.5. The maximum Gasteiger partial charge on any atom is 0.353 e. The van der Waals surface area contributed by atoms with Crippen molar-refractivity contribution in [3.05, 3.63) is 94.1 Å². The van der Waals surface area contributed by atoms with E-state index in [9.17, 15) is 48.3 Å². The number of allylic oxidation sites excluding steroid dienone is 1. The predicted molar refractivity (Wildman–Crippen MR) is 357 cm³/mol. The van der Waals surface area contributed by atoms with Crippen LogP contribution in [0.3, 0.4) is 0 Å². The number of ether oxygens (including phenoxy) is 4. The third-order valence-electron chi connectivity index (χ3n) is 15.9. The van der Waals surface area contributed by atoms with Gasteiger partial charge in [0.25, 0.3) is 17.7 Å². The Labute approximate surface area is 559 Å². The number of unbranched alkanes of at least 4 members (excludes halogenated alkanes) is 8. The van der Waals surface area contributed by atoms with Crippen LogP contribution in [0.4, 0.5) is 0 Å². The minimum Gasteiger partial charge on any atom is -0.490 e. The zero-order chi connectivity index (χ0) is 68.0. The molecule has 1 fully saturated rings. The number of nitrogens with one attached hydrogen (secondary N) is 5. The SMILES string of the molecule is CCCCOc1cccc(C(=O)NCCCCN(CCCNC(=O)c2cccc(OCCCC)c2OCCCC)C(=O)CCC(=O)NCCCCCN(OCCCC)C(=O)CCC(=O)N[C@@H](C(=O)NC2C(=O)N3C(C(=O)O)=C(Cl)CCC23)c2ccccc2)c1OCCCC. The van der Waals surface area contributed by atoms with Gasteiger partial charge in [-0.1, -0.05) is 121 Å². The van der Waals surface area contributed by atoms with Crippen molar-refractivity contribution >= 4 is 64.8 Å². The molecule has 0 spiro atoms. The number of hydroxylamine groups is 2. The Bertz CT molecular complexity index is 2950. The van der Waals surface area contributed by atoms with Crippen molar-refractivity contribution in [3.63, 3.8) is 0 Å². The molecule has 3 aromatic rings. The quantitative estimate of drug-likeness (QED) is 0.0174. The number of hydrogen-bond acceptors (Lipinski definition) is 14. The first kappa shape index (κ1) is 76.8. The number of carboxylic acids is 1. The van der Waals surface area contributed by atoms with E-state index in [0.29, 0.717) is 144 Å². The molecule has 3 aromatic carbocycles. The Balaban J connectivity index is 1.11. The number of para-hydroxylation sites is 2. The second-order valence-corrected chi connectivity index (χ2v) is 23.8. The first-order valence-electron chi connectivity index (χ1n) is 34.0. The van der Waals surface area contributed by atoms with Gasteiger partial charge in [-0.05, 0) is 113 Å². The summed E-state index contributed by atoms with van der Waals surface area (Å²) in [5.74, 6) is -2.96. The second-order valence-electron chi connectivity index (χ2n) is 23.4. The summed E-state index contributed by atoms with van der Waals surface area (Å²) in [4.78, 5) is 129. The van der Waals surface area contributed by atoms with Crippen LogP contribution in [-0.2, 0) is 38.4 Å². The van der Waals surface area contributed by atoms with E-state index in [4.69, 9.17) is 35.4 Å². The molecule has 94 heavy (non-hydrogen) atoms. The molecular formula is C70H101ClN8O15. The van der Waals surface area contributed by atoms with Crippen molar-refractivity contribution in [1.29, 1.82) is 0 Å². The van der Waals surface area contributed by atoms with Crippen molar-refractivity contribution < 1.29 is 72.0 Å². The number of rotatable bonds is 48. The highest BCUT2D eigenvalue weighted by atomic mass is 35.5. The number of aliphatic carboxylic acids is 1. The summed E-state index contributed by atoms with van der Waals surface area (Å²) in [5, 5.41) is 25.3. The summed E-state index contributed by atoms with van der Waals surface area (Å²) < 4.78 is 24.2. The lowest BCUT2D eigenvalue weighted by Crippen LogP contribution is -2.72. The maximum atomic E-state index is 13.9. The molecule has 24 heteroatoms. The number of nitrogens with zero attached hydrogens (tertiary/aromatic N) is 3. The molecule has 8 amide bonds. The fraction of sp³-hybridized carbons (Fsp3) is 0.586. The zero-order valence-electron chi connectivity index (χ0n) is 55.8. The van der Waals surface area contributed by atoms with Crippen LogP contribution in [0.5, 0.6) is 23.0 Å². The lowest BCUT2D eigenvalue weighted by atomic mass is 9.86. The van der Waals surface area contributed by atoms with Crippen molar-refractivity contribution in [2.24, 2.45) is 0 Å². The second kappa shape index (κ2) is 43.1. The highest BCUT2D eigenvalue weighted by Crippen LogP contribution is 2.39. The van der Waals surface area contributed by atoms with Gasteiger partial charge in [-0.15, -0.1) is 0 Å². The minimum absolute atomic E-state index is 0.0499. The number of carbonyl (C=O) groups excluding carboxylic acids is 8. The third-order valence-corrected chi connectivity index (χ3v) is 16.3. The van der Waals surface area contributed by atoms with Crippen LogP contribution >= 0.6 is 11.6 Å². The van der Waals surface area contributed by atoms with Crippen LogP contribution in [-0.4, -0.2) is 158 Å². The number of amides is 8. The molecule has 0 aliphatic carbocycles. The third kappa shape index (κ3) is 25.1. The number of halogens is 1. The van der Waals surface area contributed by atoms with Gasteiger partial charge in [0, 0.05) is 70.0 Å². The number of carboxylic acid groups (broad SMARTS) is 1. The highest BCUT2D eigenvalue weighted by molar-refractivity contribution is 6.32. The van der Waals surface area contributed by atoms with E-state index < -0.39 is 47.7 Å². The van der Waals surface area contributed by atoms with Crippen LogP contribution < -0.4 is 45.5 Å². The number of β-lactam (4-membered cyclic amide) rings is 1. The first-order valence-corrected chi connectivity index (χ1v) is 34.4. The van der Waals surface area contributed by atoms with Crippen LogP contribution in [0.1, 0.15) is 208 Å². The summed E-state index contributed by atoms with van der Waals surface area (Å²) in [6.07, 6.45) is 11.8. The van der Waals surface area contributed by atoms with Crippen molar-refractivity contribution in [2.75, 3.05) is 72.3 Å². The molecular weight excluding hydrogens is 1230 g/mol. The van der Waals surface area contributed by atoms with E-state index in [-0.39, 0.29) is 86.2 Å². The molecule has 0 bridgehead atoms. The van der Waals surface area contributed by atoms with Gasteiger partial charge in [-0.3, -0.25) is 48.1 Å². The molecule has 6 N–H and O–H groups in total. The van der Waals surface area contributed by atoms with Gasteiger partial charge < -0.3 is 55.5 Å². The number of fused-ring (bicyclic) bond motifs is 1. The monoisotopic (exact) mass is 1330 g/mol. The summed E-state index contributed by atoms with van der Waals surface area (Å²) in [7, 11) is 0. The smallest absolute Gasteiger partial charge is 0.353 e. The van der Waals surface area contributed by atoms with E-state index in [1.54, 1.807) is 65.6 Å². The molecule has 1 saturated heterocycles. The van der Waals surface area contributed by atoms with E-state index in [2.05, 4.69) is 54.3 Å². The zero-order valence-corrected chi connectivity index (χ0v) is 56.6. The Morgan fingerprint density at radius 2 is 1.07 bits per heavy atom. The largest absolute Gasteiger partial charge is 0.490 e. The van der Waals surface area contributed by atoms with E-state index in [1.165, 1.54) is 5.06 Å². The number of hydrogen-bond donors (Lipinski definition) is 6. The molecule has 3 atom stereocenters. The molecule has 0 radical (unpaired) electrons. The molecule has 2 unspecified atom stereocenters. The summed E-state index contributed by atoms with van der Waals surface area (Å²) in [6, 6.07) is 16.1. The molecule has 2 heterocycles. The van der Waals surface area contributed by atoms with Gasteiger partial charge in [-0.25, -0.2) is 9.86 Å². The molecule has 2 aliphatic heterocycles. The number of benzene rings is 3. The summed E-state index contributed by atoms with van der Waals surface area (Å²) >= 11 is 6.14. The lowest BCUT2D eigenvalue weighted by Gasteiger charge is -2.49. The van der Waals surface area contributed by atoms with Crippen LogP contribution in [0.2, 0.25) is 0 Å². The Kier molecular flexibility index (Phi) is 35.2.